The highest BCUT2D eigenvalue weighted by atomic mass is 16.6. The van der Waals surface area contributed by atoms with Gasteiger partial charge in [0.25, 0.3) is 11.8 Å². The van der Waals surface area contributed by atoms with Crippen molar-refractivity contribution >= 4 is 82.5 Å². The number of aliphatic hydroxyl groups excluding tert-OH is 1. The Hall–Kier alpha value is -7.63. The van der Waals surface area contributed by atoms with E-state index in [2.05, 4.69) is 36.9 Å². The molecule has 3 aliphatic rings. The summed E-state index contributed by atoms with van der Waals surface area (Å²) < 4.78 is 17.5. The van der Waals surface area contributed by atoms with Gasteiger partial charge in [0.2, 0.25) is 23.7 Å². The fourth-order valence-electron chi connectivity index (χ4n) is 8.78. The van der Waals surface area contributed by atoms with E-state index in [-0.39, 0.29) is 81.4 Å². The van der Waals surface area contributed by atoms with Gasteiger partial charge in [-0.15, -0.1) is 0 Å². The molecule has 392 valence electrons. The number of amides is 8. The van der Waals surface area contributed by atoms with Crippen molar-refractivity contribution in [3.8, 4) is 5.75 Å². The van der Waals surface area contributed by atoms with Gasteiger partial charge in [0.15, 0.2) is 0 Å². The molecule has 2 aliphatic heterocycles. The summed E-state index contributed by atoms with van der Waals surface area (Å²) >= 11 is 0. The van der Waals surface area contributed by atoms with Crippen molar-refractivity contribution in [2.45, 2.75) is 115 Å². The zero-order valence-electron chi connectivity index (χ0n) is 41.3. The molecule has 3 unspecified atom stereocenters. The molecule has 1 aliphatic carbocycles. The normalized spacial score (nSPS) is 17.9. The lowest BCUT2D eigenvalue weighted by Crippen LogP contribution is -2.54. The highest BCUT2D eigenvalue weighted by molar-refractivity contribution is 6.62. The minimum atomic E-state index is -1.25. The van der Waals surface area contributed by atoms with Crippen LogP contribution in [0.4, 0.5) is 26.9 Å². The van der Waals surface area contributed by atoms with E-state index in [0.29, 0.717) is 77.3 Å². The summed E-state index contributed by atoms with van der Waals surface area (Å²) in [5.74, 6) is -1.59. The molecule has 3 aromatic carbocycles. The van der Waals surface area contributed by atoms with Gasteiger partial charge in [-0.2, -0.15) is 0 Å². The van der Waals surface area contributed by atoms with Crippen molar-refractivity contribution < 1.29 is 57.8 Å². The van der Waals surface area contributed by atoms with Crippen LogP contribution in [0, 0.1) is 5.92 Å². The Morgan fingerprint density at radius 2 is 1.64 bits per heavy atom. The number of unbranched alkanes of at least 4 members (excludes halogenated alkanes) is 2. The van der Waals surface area contributed by atoms with E-state index in [4.69, 9.17) is 24.8 Å². The Labute approximate surface area is 428 Å². The third-order valence-electron chi connectivity index (χ3n) is 12.8. The first-order chi connectivity index (χ1) is 35.6. The third kappa shape index (κ3) is 15.2. The van der Waals surface area contributed by atoms with E-state index in [9.17, 15) is 43.7 Å². The molecule has 3 heterocycles. The molecule has 3 atom stereocenters. The van der Waals surface area contributed by atoms with Gasteiger partial charge in [0, 0.05) is 61.2 Å². The number of carbonyl (C=O) groups excluding carboxylic acids is 7. The molecule has 7 rings (SSSR count). The minimum Gasteiger partial charge on any atom is -0.488 e. The van der Waals surface area contributed by atoms with E-state index in [1.54, 1.807) is 62.5 Å². The summed E-state index contributed by atoms with van der Waals surface area (Å²) in [6.07, 6.45) is 7.45. The van der Waals surface area contributed by atoms with Crippen molar-refractivity contribution in [3.63, 3.8) is 0 Å². The molecule has 1 saturated carbocycles. The second-order valence-electron chi connectivity index (χ2n) is 18.8. The molecule has 22 nitrogen and oxygen atoms in total. The first kappa shape index (κ1) is 54.2. The maximum Gasteiger partial charge on any atom is 0.492 e. The molecule has 8 amide bonds. The second-order valence-corrected chi connectivity index (χ2v) is 18.8. The van der Waals surface area contributed by atoms with Gasteiger partial charge >= 0.3 is 19.2 Å². The lowest BCUT2D eigenvalue weighted by Gasteiger charge is -2.26. The van der Waals surface area contributed by atoms with Gasteiger partial charge in [-0.1, -0.05) is 50.6 Å². The predicted octanol–water partition coefficient (Wildman–Crippen LogP) is 3.24. The summed E-state index contributed by atoms with van der Waals surface area (Å²) in [6, 6.07) is 14.7. The number of carbonyl (C=O) groups is 7. The number of rotatable bonds is 24. The van der Waals surface area contributed by atoms with Crippen molar-refractivity contribution in [2.75, 3.05) is 30.3 Å². The van der Waals surface area contributed by atoms with Crippen LogP contribution in [0.25, 0.3) is 10.9 Å². The van der Waals surface area contributed by atoms with E-state index in [0.717, 1.165) is 23.1 Å². The first-order valence-corrected chi connectivity index (χ1v) is 24.9. The lowest BCUT2D eigenvalue weighted by molar-refractivity contribution is -0.137. The van der Waals surface area contributed by atoms with Gasteiger partial charge in [0.05, 0.1) is 18.3 Å². The van der Waals surface area contributed by atoms with Crippen molar-refractivity contribution in [1.29, 1.82) is 0 Å². The monoisotopic (exact) mass is 1020 g/mol. The molecule has 4 aromatic rings. The minimum absolute atomic E-state index is 0.00481. The summed E-state index contributed by atoms with van der Waals surface area (Å²) in [6.45, 7) is 3.81. The molecule has 74 heavy (non-hydrogen) atoms. The zero-order valence-corrected chi connectivity index (χ0v) is 41.3. The van der Waals surface area contributed by atoms with Crippen LogP contribution >= 0.6 is 0 Å². The van der Waals surface area contributed by atoms with Crippen molar-refractivity contribution in [3.05, 3.63) is 90.1 Å². The molecule has 23 heteroatoms. The Bertz CT molecular complexity index is 2680. The number of urea groups is 1. The van der Waals surface area contributed by atoms with Crippen LogP contribution in [0.3, 0.4) is 0 Å². The number of hydrogen-bond donors (Lipinski definition) is 9. The van der Waals surface area contributed by atoms with Crippen LogP contribution in [-0.2, 0) is 40.0 Å². The largest absolute Gasteiger partial charge is 0.492 e. The van der Waals surface area contributed by atoms with E-state index in [1.807, 2.05) is 18.2 Å². The number of imide groups is 1. The maximum absolute atomic E-state index is 13.6. The second kappa shape index (κ2) is 25.8. The Balaban J connectivity index is 0.860. The number of anilines is 3. The average Bonchev–Trinajstić information content (AvgIpc) is 3.87. The molecular weight excluding hydrogens is 955 g/mol. The number of nitrogens with zero attached hydrogens (tertiary/aromatic N) is 3. The zero-order chi connectivity index (χ0) is 52.7. The van der Waals surface area contributed by atoms with Crippen LogP contribution in [-0.4, -0.2) is 118 Å². The van der Waals surface area contributed by atoms with Gasteiger partial charge in [-0.05, 0) is 104 Å². The van der Waals surface area contributed by atoms with E-state index < -0.39 is 49.2 Å². The van der Waals surface area contributed by atoms with Crippen LogP contribution in [0.1, 0.15) is 95.3 Å². The molecule has 0 saturated heterocycles. The molecule has 1 aromatic heterocycles. The SMILES string of the molecule is CC(C)C(NC(=O)CCCCCN1C(=O)C=CC1=O)C(=O)NC(CCCNC(N)=O)C(=O)Nc1ccc(COC(=O)NCC2OB(O)c3cc(Nc4ncc5cccc(O[C@H]6CC[C@@H](O)CC6)c5n4)ccc32)cc1. The number of aliphatic hydroxyl groups is 1. The molecule has 1 fully saturated rings. The van der Waals surface area contributed by atoms with Gasteiger partial charge in [-0.3, -0.25) is 28.9 Å². The number of alkyl carbamates (subject to hydrolysis) is 1. The number of aromatic nitrogens is 2. The number of hydrogen-bond acceptors (Lipinski definition) is 15. The lowest BCUT2D eigenvalue weighted by atomic mass is 9.79. The summed E-state index contributed by atoms with van der Waals surface area (Å²) in [4.78, 5) is 98.0. The Kier molecular flexibility index (Phi) is 18.9. The fraction of sp³-hybridized carbons (Fsp3) is 0.431. The van der Waals surface area contributed by atoms with E-state index in [1.165, 1.54) is 12.2 Å². The molecule has 0 radical (unpaired) electrons. The first-order valence-electron chi connectivity index (χ1n) is 24.9. The number of ether oxygens (including phenoxy) is 2. The molecule has 10 N–H and O–H groups in total. The maximum atomic E-state index is 13.6. The smallest absolute Gasteiger partial charge is 0.488 e. The molecule has 0 bridgehead atoms. The quantitative estimate of drug-likeness (QED) is 0.0277. The number of nitrogens with two attached hydrogens (primary N) is 1. The van der Waals surface area contributed by atoms with E-state index >= 15 is 0 Å². The van der Waals surface area contributed by atoms with Crippen LogP contribution < -0.4 is 47.8 Å². The summed E-state index contributed by atoms with van der Waals surface area (Å²) in [5, 5.41) is 38.2. The number of fused-ring (bicyclic) bond motifs is 2. The van der Waals surface area contributed by atoms with Gasteiger partial charge < -0.3 is 61.9 Å². The van der Waals surface area contributed by atoms with Crippen molar-refractivity contribution in [2.24, 2.45) is 11.7 Å². The number of nitrogens with one attached hydrogen (secondary N) is 6. The molecule has 0 spiro atoms. The highest BCUT2D eigenvalue weighted by Gasteiger charge is 2.36. The van der Waals surface area contributed by atoms with Crippen LogP contribution in [0.15, 0.2) is 79.0 Å². The number of primary amides is 1. The Morgan fingerprint density at radius 1 is 0.892 bits per heavy atom. The topological polar surface area (TPSA) is 315 Å². The van der Waals surface area contributed by atoms with Crippen molar-refractivity contribution in [1.82, 2.24) is 36.1 Å². The molecular formula is C51H63BN10O12. The fourth-order valence-corrected chi connectivity index (χ4v) is 8.78. The van der Waals surface area contributed by atoms with Crippen LogP contribution in [0.2, 0.25) is 0 Å². The predicted molar refractivity (Wildman–Crippen MR) is 273 cm³/mol. The number of para-hydroxylation sites is 1. The van der Waals surface area contributed by atoms with Gasteiger partial charge in [0.1, 0.15) is 30.0 Å². The summed E-state index contributed by atoms with van der Waals surface area (Å²) in [7, 11) is -1.25. The number of benzene rings is 3. The standard InChI is InChI=1S/C51H63BN10O12/c1-30(2)45(60-42(64)11-4-3-5-25-62-43(65)22-23-44(62)66)48(68)59-39(9-7-24-54-49(53)69)47(67)57-33-14-12-31(13-15-33)29-72-51(70)56-28-41-37-21-16-34(26-38(37)52(71)74-41)58-50-55-27-32-8-6-10-40(46(32)61-50)73-36-19-17-35(63)18-20-36/h6,8,10,12-16,21-23,26-27,30,35-36,39,41,45,63,71H,3-5,7,9,11,17-20,24-25,28-29H2,1-2H3,(H,56,70)(H,57,67)(H,59,68)(H,60,64)(H3,53,54,69)(H,55,58,61)/t35-,36+,39?,41?,45?. The average molecular weight is 1020 g/mol. The van der Waals surface area contributed by atoms with Crippen LogP contribution in [0.5, 0.6) is 5.75 Å². The highest BCUT2D eigenvalue weighted by Crippen LogP contribution is 2.31. The summed E-state index contributed by atoms with van der Waals surface area (Å²) in [5.41, 5.74) is 8.63. The third-order valence-corrected chi connectivity index (χ3v) is 12.8. The van der Waals surface area contributed by atoms with Gasteiger partial charge in [-0.25, -0.2) is 19.6 Å². The Morgan fingerprint density at radius 3 is 2.36 bits per heavy atom.